The Morgan fingerprint density at radius 3 is 2.94 bits per heavy atom. The molecular formula is C12H16N2O3. The summed E-state index contributed by atoms with van der Waals surface area (Å²) in [4.78, 5) is 13.6. The van der Waals surface area contributed by atoms with E-state index in [-0.39, 0.29) is 18.7 Å². The van der Waals surface area contributed by atoms with Crippen molar-refractivity contribution in [2.75, 3.05) is 31.7 Å². The average molecular weight is 236 g/mol. The summed E-state index contributed by atoms with van der Waals surface area (Å²) in [6.45, 7) is 1.32. The molecule has 5 heteroatoms. The number of carbonyl (C=O) groups is 1. The predicted octanol–water partition coefficient (Wildman–Crippen LogP) is 0.912. The van der Waals surface area contributed by atoms with Crippen molar-refractivity contribution in [3.8, 4) is 0 Å². The second-order valence-electron chi connectivity index (χ2n) is 3.90. The maximum Gasteiger partial charge on any atom is 0.322 e. The third kappa shape index (κ3) is 2.95. The molecule has 2 N–H and O–H groups in total. The minimum absolute atomic E-state index is 0.0811. The Bertz CT molecular complexity index is 369. The largest absolute Gasteiger partial charge is 0.394 e. The van der Waals surface area contributed by atoms with Crippen LogP contribution in [0.4, 0.5) is 10.5 Å². The van der Waals surface area contributed by atoms with Crippen LogP contribution in [0.25, 0.3) is 0 Å². The molecule has 92 valence electrons. The van der Waals surface area contributed by atoms with Gasteiger partial charge in [-0.05, 0) is 12.1 Å². The van der Waals surface area contributed by atoms with E-state index < -0.39 is 0 Å². The van der Waals surface area contributed by atoms with Crippen molar-refractivity contribution in [3.05, 3.63) is 30.3 Å². The summed E-state index contributed by atoms with van der Waals surface area (Å²) in [5.74, 6) is 0. The molecule has 1 saturated heterocycles. The van der Waals surface area contributed by atoms with Crippen LogP contribution in [0.2, 0.25) is 0 Å². The summed E-state index contributed by atoms with van der Waals surface area (Å²) in [5, 5.41) is 12.0. The maximum atomic E-state index is 12.0. The number of urea groups is 1. The number of ether oxygens (including phenoxy) is 1. The second-order valence-corrected chi connectivity index (χ2v) is 3.90. The van der Waals surface area contributed by atoms with Gasteiger partial charge in [-0.1, -0.05) is 18.2 Å². The number of morpholine rings is 1. The molecule has 17 heavy (non-hydrogen) atoms. The van der Waals surface area contributed by atoms with E-state index in [1.807, 2.05) is 30.3 Å². The highest BCUT2D eigenvalue weighted by molar-refractivity contribution is 5.89. The van der Waals surface area contributed by atoms with Crippen LogP contribution in [0.1, 0.15) is 0 Å². The Morgan fingerprint density at radius 1 is 1.47 bits per heavy atom. The molecule has 1 heterocycles. The molecule has 1 unspecified atom stereocenters. The van der Waals surface area contributed by atoms with Gasteiger partial charge in [0.25, 0.3) is 0 Å². The lowest BCUT2D eigenvalue weighted by Gasteiger charge is -2.34. The van der Waals surface area contributed by atoms with Crippen LogP contribution in [0.15, 0.2) is 30.3 Å². The van der Waals surface area contributed by atoms with Crippen LogP contribution in [0, 0.1) is 0 Å². The van der Waals surface area contributed by atoms with Crippen LogP contribution in [-0.2, 0) is 4.74 Å². The topological polar surface area (TPSA) is 61.8 Å². The lowest BCUT2D eigenvalue weighted by molar-refractivity contribution is -0.00485. The third-order valence-corrected chi connectivity index (χ3v) is 2.72. The van der Waals surface area contributed by atoms with Gasteiger partial charge in [-0.25, -0.2) is 4.79 Å². The molecule has 1 aliphatic rings. The SMILES string of the molecule is O=C(Nc1ccccc1)N1CCOCC1CO. The van der Waals surface area contributed by atoms with Gasteiger partial charge in [-0.2, -0.15) is 0 Å². The van der Waals surface area contributed by atoms with Crippen LogP contribution in [-0.4, -0.2) is 48.4 Å². The molecule has 5 nitrogen and oxygen atoms in total. The number of aliphatic hydroxyl groups is 1. The van der Waals surface area contributed by atoms with Crippen LogP contribution >= 0.6 is 0 Å². The van der Waals surface area contributed by atoms with Gasteiger partial charge in [0.05, 0.1) is 25.9 Å². The molecule has 1 fully saturated rings. The van der Waals surface area contributed by atoms with Gasteiger partial charge >= 0.3 is 6.03 Å². The molecule has 2 rings (SSSR count). The monoisotopic (exact) mass is 236 g/mol. The number of para-hydroxylation sites is 1. The van der Waals surface area contributed by atoms with E-state index in [9.17, 15) is 9.90 Å². The highest BCUT2D eigenvalue weighted by Gasteiger charge is 2.26. The Balaban J connectivity index is 1.99. The van der Waals surface area contributed by atoms with Gasteiger partial charge < -0.3 is 20.1 Å². The fraction of sp³-hybridized carbons (Fsp3) is 0.417. The van der Waals surface area contributed by atoms with Crippen molar-refractivity contribution >= 4 is 11.7 Å². The van der Waals surface area contributed by atoms with E-state index in [1.165, 1.54) is 0 Å². The third-order valence-electron chi connectivity index (χ3n) is 2.72. The van der Waals surface area contributed by atoms with E-state index in [0.717, 1.165) is 5.69 Å². The Morgan fingerprint density at radius 2 is 2.24 bits per heavy atom. The lowest BCUT2D eigenvalue weighted by Crippen LogP contribution is -2.52. The zero-order valence-corrected chi connectivity index (χ0v) is 9.50. The first-order valence-electron chi connectivity index (χ1n) is 5.62. The molecule has 2 amide bonds. The van der Waals surface area contributed by atoms with E-state index in [0.29, 0.717) is 19.8 Å². The van der Waals surface area contributed by atoms with Gasteiger partial charge in [0, 0.05) is 12.2 Å². The number of carbonyl (C=O) groups excluding carboxylic acids is 1. The number of rotatable bonds is 2. The molecule has 0 radical (unpaired) electrons. The van der Waals surface area contributed by atoms with Gasteiger partial charge in [0.1, 0.15) is 0 Å². The van der Waals surface area contributed by atoms with Crippen LogP contribution in [0.5, 0.6) is 0 Å². The van der Waals surface area contributed by atoms with Crippen molar-refractivity contribution < 1.29 is 14.6 Å². The number of aliphatic hydroxyl groups excluding tert-OH is 1. The first-order chi connectivity index (χ1) is 8.31. The van der Waals surface area contributed by atoms with Gasteiger partial charge in [-0.15, -0.1) is 0 Å². The average Bonchev–Trinajstić information content (AvgIpc) is 2.40. The van der Waals surface area contributed by atoms with Crippen molar-refractivity contribution in [2.45, 2.75) is 6.04 Å². The van der Waals surface area contributed by atoms with Gasteiger partial charge in [0.15, 0.2) is 0 Å². The zero-order valence-electron chi connectivity index (χ0n) is 9.50. The molecule has 0 bridgehead atoms. The first kappa shape index (κ1) is 11.9. The van der Waals surface area contributed by atoms with E-state index in [1.54, 1.807) is 4.90 Å². The molecule has 1 atom stereocenters. The number of anilines is 1. The van der Waals surface area contributed by atoms with E-state index in [2.05, 4.69) is 5.32 Å². The Hall–Kier alpha value is -1.59. The van der Waals surface area contributed by atoms with Gasteiger partial charge in [-0.3, -0.25) is 0 Å². The standard InChI is InChI=1S/C12H16N2O3/c15-8-11-9-17-7-6-14(11)12(16)13-10-4-2-1-3-5-10/h1-5,11,15H,6-9H2,(H,13,16). The molecular weight excluding hydrogens is 220 g/mol. The minimum Gasteiger partial charge on any atom is -0.394 e. The number of nitrogens with one attached hydrogen (secondary N) is 1. The number of nitrogens with zero attached hydrogens (tertiary/aromatic N) is 1. The molecule has 0 saturated carbocycles. The number of amides is 2. The maximum absolute atomic E-state index is 12.0. The van der Waals surface area contributed by atoms with Crippen molar-refractivity contribution in [2.24, 2.45) is 0 Å². The van der Waals surface area contributed by atoms with E-state index in [4.69, 9.17) is 4.74 Å². The molecule has 0 aromatic heterocycles. The molecule has 0 aliphatic carbocycles. The normalized spacial score (nSPS) is 20.1. The zero-order chi connectivity index (χ0) is 12.1. The Kier molecular flexibility index (Phi) is 3.95. The molecule has 1 aliphatic heterocycles. The predicted molar refractivity (Wildman–Crippen MR) is 63.9 cm³/mol. The Labute approximate surface area is 100.0 Å². The summed E-state index contributed by atoms with van der Waals surface area (Å²) >= 11 is 0. The lowest BCUT2D eigenvalue weighted by atomic mass is 10.2. The highest BCUT2D eigenvalue weighted by Crippen LogP contribution is 2.11. The van der Waals surface area contributed by atoms with Crippen LogP contribution in [0.3, 0.4) is 0 Å². The van der Waals surface area contributed by atoms with Gasteiger partial charge in [0.2, 0.25) is 0 Å². The second kappa shape index (κ2) is 5.65. The summed E-state index contributed by atoms with van der Waals surface area (Å²) in [7, 11) is 0. The summed E-state index contributed by atoms with van der Waals surface area (Å²) in [6, 6.07) is 8.81. The summed E-state index contributed by atoms with van der Waals surface area (Å²) in [6.07, 6.45) is 0. The minimum atomic E-state index is -0.257. The fourth-order valence-electron chi connectivity index (χ4n) is 1.79. The molecule has 1 aromatic rings. The van der Waals surface area contributed by atoms with Crippen molar-refractivity contribution in [1.29, 1.82) is 0 Å². The van der Waals surface area contributed by atoms with Crippen molar-refractivity contribution in [1.82, 2.24) is 4.90 Å². The first-order valence-corrected chi connectivity index (χ1v) is 5.62. The summed E-state index contributed by atoms with van der Waals surface area (Å²) in [5.41, 5.74) is 0.751. The number of hydrogen-bond acceptors (Lipinski definition) is 3. The number of benzene rings is 1. The van der Waals surface area contributed by atoms with Crippen molar-refractivity contribution in [3.63, 3.8) is 0 Å². The highest BCUT2D eigenvalue weighted by atomic mass is 16.5. The quantitative estimate of drug-likeness (QED) is 0.802. The van der Waals surface area contributed by atoms with E-state index >= 15 is 0 Å². The summed E-state index contributed by atoms with van der Waals surface area (Å²) < 4.78 is 5.22. The molecule has 1 aromatic carbocycles. The molecule has 0 spiro atoms. The number of hydrogen-bond donors (Lipinski definition) is 2. The van der Waals surface area contributed by atoms with Crippen LogP contribution < -0.4 is 5.32 Å². The smallest absolute Gasteiger partial charge is 0.322 e. The fourth-order valence-corrected chi connectivity index (χ4v) is 1.79.